The highest BCUT2D eigenvalue weighted by molar-refractivity contribution is 6.40. The molecule has 0 bridgehead atoms. The molecule has 6 nitrogen and oxygen atoms in total. The van der Waals surface area contributed by atoms with Crippen molar-refractivity contribution in [3.63, 3.8) is 0 Å². The Morgan fingerprint density at radius 1 is 1.44 bits per heavy atom. The van der Waals surface area contributed by atoms with Crippen molar-refractivity contribution < 1.29 is 29.6 Å². The number of ether oxygens (including phenoxy) is 1. The average molecular weight is 234 g/mol. The molecule has 0 aromatic carbocycles. The van der Waals surface area contributed by atoms with Crippen molar-refractivity contribution >= 4 is 11.6 Å². The van der Waals surface area contributed by atoms with Gasteiger partial charge in [0, 0.05) is 26.6 Å². The van der Waals surface area contributed by atoms with Crippen LogP contribution in [0.1, 0.15) is 19.8 Å². The van der Waals surface area contributed by atoms with Gasteiger partial charge >= 0.3 is 0 Å². The third kappa shape index (κ3) is 4.36. The van der Waals surface area contributed by atoms with Gasteiger partial charge in [-0.2, -0.15) is 0 Å². The minimum atomic E-state index is -2.02. The van der Waals surface area contributed by atoms with Crippen LogP contribution in [0.5, 0.6) is 0 Å². The lowest BCUT2D eigenvalue weighted by atomic mass is 9.87. The normalized spacial score (nSPS) is 16.6. The number of carbonyl (C=O) groups is 2. The Bertz CT molecular complexity index is 250. The fourth-order valence-corrected chi connectivity index (χ4v) is 1.44. The molecule has 0 saturated carbocycles. The summed E-state index contributed by atoms with van der Waals surface area (Å²) in [7, 11) is 1.25. The summed E-state index contributed by atoms with van der Waals surface area (Å²) >= 11 is 0. The molecule has 0 heterocycles. The monoisotopic (exact) mass is 234 g/mol. The van der Waals surface area contributed by atoms with Crippen LogP contribution in [0.3, 0.4) is 0 Å². The van der Waals surface area contributed by atoms with E-state index in [9.17, 15) is 14.7 Å². The van der Waals surface area contributed by atoms with Crippen molar-refractivity contribution in [2.75, 3.05) is 20.3 Å². The number of methoxy groups -OCH3 is 1. The van der Waals surface area contributed by atoms with Crippen molar-refractivity contribution in [2.45, 2.75) is 31.5 Å². The maximum absolute atomic E-state index is 11.6. The fraction of sp³-hybridized carbons (Fsp3) is 0.800. The molecule has 0 fully saturated rings. The van der Waals surface area contributed by atoms with Crippen molar-refractivity contribution in [2.24, 2.45) is 0 Å². The Morgan fingerprint density at radius 3 is 2.38 bits per heavy atom. The number of carbonyl (C=O) groups excluding carboxylic acids is 2. The van der Waals surface area contributed by atoms with Crippen molar-refractivity contribution in [3.8, 4) is 0 Å². The summed E-state index contributed by atoms with van der Waals surface area (Å²) in [6, 6.07) is 0. The predicted molar refractivity (Wildman–Crippen MR) is 54.8 cm³/mol. The van der Waals surface area contributed by atoms with Gasteiger partial charge < -0.3 is 20.1 Å². The molecule has 0 aliphatic heterocycles. The molecule has 0 spiro atoms. The van der Waals surface area contributed by atoms with Crippen LogP contribution in [0.25, 0.3) is 0 Å². The van der Waals surface area contributed by atoms with Gasteiger partial charge in [-0.05, 0) is 6.92 Å². The molecule has 16 heavy (non-hydrogen) atoms. The van der Waals surface area contributed by atoms with Crippen LogP contribution < -0.4 is 0 Å². The maximum Gasteiger partial charge on any atom is 0.232 e. The first kappa shape index (κ1) is 15.2. The van der Waals surface area contributed by atoms with Gasteiger partial charge in [-0.25, -0.2) is 0 Å². The smallest absolute Gasteiger partial charge is 0.232 e. The van der Waals surface area contributed by atoms with E-state index in [1.165, 1.54) is 14.0 Å². The minimum Gasteiger partial charge on any atom is -0.396 e. The molecule has 0 aliphatic carbocycles. The molecule has 0 radical (unpaired) electrons. The minimum absolute atomic E-state index is 0.286. The van der Waals surface area contributed by atoms with Crippen molar-refractivity contribution in [3.05, 3.63) is 0 Å². The van der Waals surface area contributed by atoms with Gasteiger partial charge in [-0.15, -0.1) is 0 Å². The van der Waals surface area contributed by atoms with E-state index in [-0.39, 0.29) is 12.8 Å². The molecule has 0 saturated heterocycles. The zero-order valence-electron chi connectivity index (χ0n) is 9.47. The molecule has 0 rings (SSSR count). The van der Waals surface area contributed by atoms with E-state index in [4.69, 9.17) is 10.2 Å². The second kappa shape index (κ2) is 6.70. The first-order valence-corrected chi connectivity index (χ1v) is 4.95. The zero-order valence-corrected chi connectivity index (χ0v) is 9.47. The van der Waals surface area contributed by atoms with E-state index in [0.29, 0.717) is 0 Å². The van der Waals surface area contributed by atoms with Crippen LogP contribution >= 0.6 is 0 Å². The summed E-state index contributed by atoms with van der Waals surface area (Å²) < 4.78 is 4.50. The molecule has 6 heteroatoms. The number of Topliss-reactive ketones (excluding diaryl/α,β-unsaturated/α-hetero) is 2. The molecule has 0 aromatic heterocycles. The number of rotatable bonds is 8. The number of aliphatic hydroxyl groups excluding tert-OH is 2. The van der Waals surface area contributed by atoms with Crippen molar-refractivity contribution in [1.82, 2.24) is 0 Å². The lowest BCUT2D eigenvalue weighted by Gasteiger charge is -2.26. The van der Waals surface area contributed by atoms with Gasteiger partial charge in [0.1, 0.15) is 12.2 Å². The van der Waals surface area contributed by atoms with Gasteiger partial charge in [0.25, 0.3) is 0 Å². The van der Waals surface area contributed by atoms with E-state index in [0.717, 1.165) is 0 Å². The van der Waals surface area contributed by atoms with E-state index in [1.807, 2.05) is 0 Å². The molecular weight excluding hydrogens is 216 g/mol. The lowest BCUT2D eigenvalue weighted by molar-refractivity contribution is -0.153. The van der Waals surface area contributed by atoms with E-state index in [2.05, 4.69) is 4.74 Å². The van der Waals surface area contributed by atoms with Gasteiger partial charge in [0.05, 0.1) is 6.10 Å². The third-order valence-corrected chi connectivity index (χ3v) is 2.11. The van der Waals surface area contributed by atoms with Gasteiger partial charge in [-0.3, -0.25) is 9.59 Å². The second-order valence-corrected chi connectivity index (χ2v) is 3.74. The van der Waals surface area contributed by atoms with Crippen LogP contribution in [0, 0.1) is 0 Å². The Hall–Kier alpha value is -0.820. The molecule has 3 N–H and O–H groups in total. The first-order valence-electron chi connectivity index (χ1n) is 4.95. The largest absolute Gasteiger partial charge is 0.396 e. The van der Waals surface area contributed by atoms with Gasteiger partial charge in [-0.1, -0.05) is 0 Å². The third-order valence-electron chi connectivity index (χ3n) is 2.11. The molecule has 2 atom stereocenters. The highest BCUT2D eigenvalue weighted by atomic mass is 16.5. The summed E-state index contributed by atoms with van der Waals surface area (Å²) in [4.78, 5) is 22.8. The maximum atomic E-state index is 11.6. The standard InChI is InChI=1S/C10H18O6/c1-7(12)5-10(15,3-4-11)9(14)8(13)6-16-2/h7,11-12,15H,3-6H2,1-2H3. The predicted octanol–water partition coefficient (Wildman–Crippen LogP) is -1.34. The van der Waals surface area contributed by atoms with Gasteiger partial charge in [0.15, 0.2) is 0 Å². The van der Waals surface area contributed by atoms with Crippen LogP contribution in [0.4, 0.5) is 0 Å². The number of ketones is 2. The van der Waals surface area contributed by atoms with Crippen LogP contribution in [-0.4, -0.2) is 58.9 Å². The number of hydrogen-bond donors (Lipinski definition) is 3. The van der Waals surface area contributed by atoms with Crippen LogP contribution in [-0.2, 0) is 14.3 Å². The summed E-state index contributed by atoms with van der Waals surface area (Å²) in [5.41, 5.74) is -2.02. The van der Waals surface area contributed by atoms with E-state index >= 15 is 0 Å². The Labute approximate surface area is 93.8 Å². The Balaban J connectivity index is 4.74. The fourth-order valence-electron chi connectivity index (χ4n) is 1.44. The Morgan fingerprint density at radius 2 is 2.00 bits per heavy atom. The van der Waals surface area contributed by atoms with Crippen LogP contribution in [0.2, 0.25) is 0 Å². The lowest BCUT2D eigenvalue weighted by Crippen LogP contribution is -2.47. The first-order chi connectivity index (χ1) is 7.37. The molecule has 2 unspecified atom stereocenters. The summed E-state index contributed by atoms with van der Waals surface area (Å²) in [5, 5.41) is 27.8. The average Bonchev–Trinajstić information content (AvgIpc) is 2.16. The molecule has 94 valence electrons. The molecule has 0 amide bonds. The number of hydrogen-bond acceptors (Lipinski definition) is 6. The summed E-state index contributed by atoms with van der Waals surface area (Å²) in [5.74, 6) is -1.91. The van der Waals surface area contributed by atoms with Crippen molar-refractivity contribution in [1.29, 1.82) is 0 Å². The second-order valence-electron chi connectivity index (χ2n) is 3.74. The number of aliphatic hydroxyl groups is 3. The highest BCUT2D eigenvalue weighted by Gasteiger charge is 2.40. The SMILES string of the molecule is COCC(=O)C(=O)C(O)(CCO)CC(C)O. The van der Waals surface area contributed by atoms with E-state index < -0.39 is 36.5 Å². The molecule has 0 aromatic rings. The summed E-state index contributed by atoms with van der Waals surface area (Å²) in [6.07, 6.45) is -1.52. The Kier molecular flexibility index (Phi) is 6.35. The van der Waals surface area contributed by atoms with E-state index in [1.54, 1.807) is 0 Å². The topological polar surface area (TPSA) is 104 Å². The van der Waals surface area contributed by atoms with Gasteiger partial charge in [0.2, 0.25) is 11.6 Å². The quantitative estimate of drug-likeness (QED) is 0.449. The molecular formula is C10H18O6. The van der Waals surface area contributed by atoms with Crippen LogP contribution in [0.15, 0.2) is 0 Å². The molecule has 0 aliphatic rings. The highest BCUT2D eigenvalue weighted by Crippen LogP contribution is 2.19. The summed E-state index contributed by atoms with van der Waals surface area (Å²) in [6.45, 7) is 0.512. The zero-order chi connectivity index (χ0) is 12.8.